The Balaban J connectivity index is 2.15. The molecule has 0 heterocycles. The van der Waals surface area contributed by atoms with Crippen LogP contribution < -0.4 is 10.0 Å². The predicted molar refractivity (Wildman–Crippen MR) is 95.9 cm³/mol. The normalized spacial score (nSPS) is 12.6. The van der Waals surface area contributed by atoms with Crippen LogP contribution in [0.2, 0.25) is 10.0 Å². The van der Waals surface area contributed by atoms with E-state index < -0.39 is 27.8 Å². The van der Waals surface area contributed by atoms with E-state index in [1.165, 1.54) is 12.1 Å². The summed E-state index contributed by atoms with van der Waals surface area (Å²) in [6, 6.07) is 7.81. The third-order valence-electron chi connectivity index (χ3n) is 3.34. The molecule has 0 bridgehead atoms. The summed E-state index contributed by atoms with van der Waals surface area (Å²) in [5.41, 5.74) is 0.315. The standard InChI is InChI=1S/C16H15Cl2FN2O3S/c1-2-14(16(22)20-15-8-3-10(17)9-13(15)18)21-25(23,24)12-6-4-11(19)5-7-12/h3-9,14,21H,2H2,1H3,(H,20,22). The summed E-state index contributed by atoms with van der Waals surface area (Å²) in [5.74, 6) is -1.13. The first-order valence-electron chi connectivity index (χ1n) is 7.26. The van der Waals surface area contributed by atoms with Crippen LogP contribution in [0.3, 0.4) is 0 Å². The Morgan fingerprint density at radius 2 is 1.80 bits per heavy atom. The van der Waals surface area contributed by atoms with E-state index in [0.29, 0.717) is 10.7 Å². The molecule has 2 aromatic rings. The van der Waals surface area contributed by atoms with Gasteiger partial charge in [0.15, 0.2) is 0 Å². The lowest BCUT2D eigenvalue weighted by atomic mass is 10.2. The van der Waals surface area contributed by atoms with Crippen LogP contribution in [0.25, 0.3) is 0 Å². The second-order valence-corrected chi connectivity index (χ2v) is 7.71. The van der Waals surface area contributed by atoms with Crippen LogP contribution in [0.1, 0.15) is 13.3 Å². The van der Waals surface area contributed by atoms with Crippen LogP contribution in [-0.4, -0.2) is 20.4 Å². The molecule has 2 aromatic carbocycles. The van der Waals surface area contributed by atoms with Gasteiger partial charge in [-0.3, -0.25) is 4.79 Å². The average Bonchev–Trinajstić information content (AvgIpc) is 2.55. The van der Waals surface area contributed by atoms with Crippen molar-refractivity contribution in [3.05, 3.63) is 58.3 Å². The molecule has 0 aliphatic carbocycles. The molecule has 2 rings (SSSR count). The van der Waals surface area contributed by atoms with Crippen molar-refractivity contribution in [1.82, 2.24) is 4.72 Å². The maximum Gasteiger partial charge on any atom is 0.242 e. The van der Waals surface area contributed by atoms with E-state index in [1.807, 2.05) is 0 Å². The lowest BCUT2D eigenvalue weighted by Gasteiger charge is -2.17. The number of amides is 1. The van der Waals surface area contributed by atoms with Gasteiger partial charge in [-0.2, -0.15) is 4.72 Å². The van der Waals surface area contributed by atoms with Crippen molar-refractivity contribution < 1.29 is 17.6 Å². The number of hydrogen-bond acceptors (Lipinski definition) is 3. The van der Waals surface area contributed by atoms with Gasteiger partial charge < -0.3 is 5.32 Å². The van der Waals surface area contributed by atoms with Crippen LogP contribution in [0.5, 0.6) is 0 Å². The van der Waals surface area contributed by atoms with Crippen molar-refractivity contribution in [2.75, 3.05) is 5.32 Å². The average molecular weight is 405 g/mol. The molecule has 2 N–H and O–H groups in total. The van der Waals surface area contributed by atoms with Crippen molar-refractivity contribution in [1.29, 1.82) is 0 Å². The Labute approximate surface area is 155 Å². The zero-order valence-electron chi connectivity index (χ0n) is 13.1. The molecular formula is C16H15Cl2FN2O3S. The van der Waals surface area contributed by atoms with Crippen molar-refractivity contribution in [3.8, 4) is 0 Å². The monoisotopic (exact) mass is 404 g/mol. The van der Waals surface area contributed by atoms with Gasteiger partial charge in [0.1, 0.15) is 11.9 Å². The Bertz CT molecular complexity index is 873. The molecule has 1 atom stereocenters. The molecule has 0 aliphatic heterocycles. The fraction of sp³-hybridized carbons (Fsp3) is 0.188. The summed E-state index contributed by atoms with van der Waals surface area (Å²) in [6.07, 6.45) is 0.206. The number of hydrogen-bond donors (Lipinski definition) is 2. The number of nitrogens with one attached hydrogen (secondary N) is 2. The van der Waals surface area contributed by atoms with E-state index >= 15 is 0 Å². The highest BCUT2D eigenvalue weighted by molar-refractivity contribution is 7.89. The van der Waals surface area contributed by atoms with Gasteiger partial charge in [-0.15, -0.1) is 0 Å². The molecule has 0 spiro atoms. The van der Waals surface area contributed by atoms with Crippen LogP contribution in [0.15, 0.2) is 47.4 Å². The minimum atomic E-state index is -3.97. The Hall–Kier alpha value is -1.67. The first kappa shape index (κ1) is 19.7. The molecule has 134 valence electrons. The van der Waals surface area contributed by atoms with Crippen molar-refractivity contribution in [2.45, 2.75) is 24.3 Å². The lowest BCUT2D eigenvalue weighted by molar-refractivity contribution is -0.117. The van der Waals surface area contributed by atoms with Crippen LogP contribution >= 0.6 is 23.2 Å². The number of halogens is 3. The maximum atomic E-state index is 12.9. The van der Waals surface area contributed by atoms with E-state index in [4.69, 9.17) is 23.2 Å². The largest absolute Gasteiger partial charge is 0.323 e. The third kappa shape index (κ3) is 5.15. The Kier molecular flexibility index (Phi) is 6.40. The Morgan fingerprint density at radius 3 is 2.36 bits per heavy atom. The molecule has 0 aromatic heterocycles. The molecule has 0 radical (unpaired) electrons. The third-order valence-corrected chi connectivity index (χ3v) is 5.37. The molecule has 1 unspecified atom stereocenters. The maximum absolute atomic E-state index is 12.9. The SMILES string of the molecule is CCC(NS(=O)(=O)c1ccc(F)cc1)C(=O)Nc1ccc(Cl)cc1Cl. The molecule has 0 fully saturated rings. The first-order chi connectivity index (χ1) is 11.7. The zero-order chi connectivity index (χ0) is 18.6. The van der Waals surface area contributed by atoms with Crippen LogP contribution in [0, 0.1) is 5.82 Å². The van der Waals surface area contributed by atoms with Gasteiger partial charge in [-0.05, 0) is 48.9 Å². The molecule has 5 nitrogen and oxygen atoms in total. The van der Waals surface area contributed by atoms with Crippen LogP contribution in [-0.2, 0) is 14.8 Å². The Morgan fingerprint density at radius 1 is 1.16 bits per heavy atom. The van der Waals surface area contributed by atoms with Gasteiger partial charge in [0.2, 0.25) is 15.9 Å². The van der Waals surface area contributed by atoms with E-state index in [9.17, 15) is 17.6 Å². The molecular weight excluding hydrogens is 390 g/mol. The highest BCUT2D eigenvalue weighted by Gasteiger charge is 2.25. The minimum absolute atomic E-state index is 0.135. The molecule has 9 heteroatoms. The van der Waals surface area contributed by atoms with Crippen molar-refractivity contribution >= 4 is 44.8 Å². The van der Waals surface area contributed by atoms with Gasteiger partial charge in [-0.25, -0.2) is 12.8 Å². The molecule has 1 amide bonds. The fourth-order valence-electron chi connectivity index (χ4n) is 2.00. The second-order valence-electron chi connectivity index (χ2n) is 5.15. The van der Waals surface area contributed by atoms with Gasteiger partial charge in [-0.1, -0.05) is 30.1 Å². The number of benzene rings is 2. The summed E-state index contributed by atoms with van der Waals surface area (Å²) in [6.45, 7) is 1.65. The van der Waals surface area contributed by atoms with Crippen molar-refractivity contribution in [3.63, 3.8) is 0 Å². The van der Waals surface area contributed by atoms with E-state index in [2.05, 4.69) is 10.0 Å². The molecule has 0 saturated heterocycles. The van der Waals surface area contributed by atoms with Crippen LogP contribution in [0.4, 0.5) is 10.1 Å². The summed E-state index contributed by atoms with van der Waals surface area (Å²) >= 11 is 11.8. The summed E-state index contributed by atoms with van der Waals surface area (Å²) < 4.78 is 39.9. The van der Waals surface area contributed by atoms with Gasteiger partial charge >= 0.3 is 0 Å². The lowest BCUT2D eigenvalue weighted by Crippen LogP contribution is -2.43. The summed E-state index contributed by atoms with van der Waals surface area (Å²) in [4.78, 5) is 12.2. The minimum Gasteiger partial charge on any atom is -0.323 e. The van der Waals surface area contributed by atoms with Gasteiger partial charge in [0, 0.05) is 5.02 Å². The second kappa shape index (κ2) is 8.14. The highest BCUT2D eigenvalue weighted by Crippen LogP contribution is 2.25. The number of rotatable bonds is 6. The highest BCUT2D eigenvalue weighted by atomic mass is 35.5. The van der Waals surface area contributed by atoms with E-state index in [0.717, 1.165) is 24.3 Å². The molecule has 25 heavy (non-hydrogen) atoms. The van der Waals surface area contributed by atoms with Gasteiger partial charge in [0.05, 0.1) is 15.6 Å². The number of anilines is 1. The molecule has 0 saturated carbocycles. The zero-order valence-corrected chi connectivity index (χ0v) is 15.4. The van der Waals surface area contributed by atoms with E-state index in [1.54, 1.807) is 13.0 Å². The predicted octanol–water partition coefficient (Wildman–Crippen LogP) is 3.83. The van der Waals surface area contributed by atoms with E-state index in [-0.39, 0.29) is 16.3 Å². The topological polar surface area (TPSA) is 75.3 Å². The number of carbonyl (C=O) groups is 1. The number of carbonyl (C=O) groups excluding carboxylic acids is 1. The summed E-state index contributed by atoms with van der Waals surface area (Å²) in [5, 5.41) is 3.20. The van der Waals surface area contributed by atoms with Gasteiger partial charge in [0.25, 0.3) is 0 Å². The molecule has 0 aliphatic rings. The quantitative estimate of drug-likeness (QED) is 0.767. The smallest absolute Gasteiger partial charge is 0.242 e. The number of sulfonamides is 1. The van der Waals surface area contributed by atoms with Crippen molar-refractivity contribution in [2.24, 2.45) is 0 Å². The fourth-order valence-corrected chi connectivity index (χ4v) is 3.74. The first-order valence-corrected chi connectivity index (χ1v) is 9.50. The summed E-state index contributed by atoms with van der Waals surface area (Å²) in [7, 11) is -3.97.